The number of pyridine rings is 1. The summed E-state index contributed by atoms with van der Waals surface area (Å²) in [6.45, 7) is 4.61. The number of hydrogen-bond donors (Lipinski definition) is 0. The van der Waals surface area contributed by atoms with Gasteiger partial charge in [-0.3, -0.25) is 0 Å². The fourth-order valence-corrected chi connectivity index (χ4v) is 2.57. The quantitative estimate of drug-likeness (QED) is 0.650. The van der Waals surface area contributed by atoms with E-state index in [0.717, 1.165) is 22.2 Å². The molecule has 0 radical (unpaired) electrons. The minimum absolute atomic E-state index is 0.339. The van der Waals surface area contributed by atoms with Crippen LogP contribution < -0.4 is 4.74 Å². The Kier molecular flexibility index (Phi) is 4.75. The van der Waals surface area contributed by atoms with Crippen LogP contribution in [0.5, 0.6) is 5.75 Å². The lowest BCUT2D eigenvalue weighted by molar-refractivity contribution is 0.0526. The van der Waals surface area contributed by atoms with E-state index in [0.29, 0.717) is 24.5 Å². The number of nitrogens with zero attached hydrogens (tertiary/aromatic N) is 1. The zero-order valence-corrected chi connectivity index (χ0v) is 13.8. The first-order valence-electron chi connectivity index (χ1n) is 8.03. The van der Waals surface area contributed by atoms with E-state index < -0.39 is 0 Å². The van der Waals surface area contributed by atoms with Crippen LogP contribution in [0.25, 0.3) is 22.2 Å². The summed E-state index contributed by atoms with van der Waals surface area (Å²) in [5, 5.41) is 0.807. The Labute approximate surface area is 141 Å². The van der Waals surface area contributed by atoms with Crippen LogP contribution >= 0.6 is 0 Å². The Balaban J connectivity index is 2.13. The SMILES string of the molecule is CCOC(=O)c1ccc2nc(-c3ccccc3)cc(OCC)c2c1. The summed E-state index contributed by atoms with van der Waals surface area (Å²) >= 11 is 0. The Morgan fingerprint density at radius 3 is 2.50 bits per heavy atom. The average Bonchev–Trinajstić information content (AvgIpc) is 2.62. The maximum atomic E-state index is 12.0. The molecular weight excluding hydrogens is 302 g/mol. The topological polar surface area (TPSA) is 48.4 Å². The van der Waals surface area contributed by atoms with Gasteiger partial charge in [0.25, 0.3) is 0 Å². The molecular formula is C20H19NO3. The van der Waals surface area contributed by atoms with Crippen molar-refractivity contribution in [3.05, 3.63) is 60.2 Å². The van der Waals surface area contributed by atoms with Gasteiger partial charge in [-0.25, -0.2) is 9.78 Å². The summed E-state index contributed by atoms with van der Waals surface area (Å²) in [6.07, 6.45) is 0. The maximum absolute atomic E-state index is 12.0. The highest BCUT2D eigenvalue weighted by Gasteiger charge is 2.13. The number of ether oxygens (including phenoxy) is 2. The van der Waals surface area contributed by atoms with E-state index in [-0.39, 0.29) is 5.97 Å². The molecule has 0 spiro atoms. The minimum Gasteiger partial charge on any atom is -0.493 e. The molecule has 2 aromatic carbocycles. The van der Waals surface area contributed by atoms with Gasteiger partial charge >= 0.3 is 5.97 Å². The normalized spacial score (nSPS) is 10.6. The summed E-state index contributed by atoms with van der Waals surface area (Å²) < 4.78 is 10.9. The predicted octanol–water partition coefficient (Wildman–Crippen LogP) is 4.48. The molecule has 0 N–H and O–H groups in total. The molecule has 0 saturated heterocycles. The number of carbonyl (C=O) groups excluding carboxylic acids is 1. The molecule has 3 aromatic rings. The molecule has 0 amide bonds. The van der Waals surface area contributed by atoms with Gasteiger partial charge in [-0.15, -0.1) is 0 Å². The largest absolute Gasteiger partial charge is 0.493 e. The Morgan fingerprint density at radius 1 is 1.00 bits per heavy atom. The second-order valence-corrected chi connectivity index (χ2v) is 5.26. The Hall–Kier alpha value is -2.88. The van der Waals surface area contributed by atoms with E-state index in [1.165, 1.54) is 0 Å². The van der Waals surface area contributed by atoms with E-state index in [1.807, 2.05) is 49.4 Å². The highest BCUT2D eigenvalue weighted by Crippen LogP contribution is 2.31. The van der Waals surface area contributed by atoms with Crippen molar-refractivity contribution in [2.24, 2.45) is 0 Å². The monoisotopic (exact) mass is 321 g/mol. The first kappa shape index (κ1) is 16.0. The highest BCUT2D eigenvalue weighted by atomic mass is 16.5. The van der Waals surface area contributed by atoms with Gasteiger partial charge < -0.3 is 9.47 Å². The van der Waals surface area contributed by atoms with E-state index in [2.05, 4.69) is 0 Å². The highest BCUT2D eigenvalue weighted by molar-refractivity contribution is 5.97. The van der Waals surface area contributed by atoms with E-state index in [9.17, 15) is 4.79 Å². The molecule has 1 heterocycles. The number of fused-ring (bicyclic) bond motifs is 1. The van der Waals surface area contributed by atoms with Gasteiger partial charge in [0.05, 0.1) is 30.0 Å². The number of rotatable bonds is 5. The molecule has 0 fully saturated rings. The van der Waals surface area contributed by atoms with Crippen molar-refractivity contribution in [1.82, 2.24) is 4.98 Å². The van der Waals surface area contributed by atoms with Crippen LogP contribution in [0.15, 0.2) is 54.6 Å². The smallest absolute Gasteiger partial charge is 0.338 e. The zero-order chi connectivity index (χ0) is 16.9. The molecule has 0 saturated carbocycles. The summed E-state index contributed by atoms with van der Waals surface area (Å²) in [4.78, 5) is 16.7. The van der Waals surface area contributed by atoms with Gasteiger partial charge in [-0.2, -0.15) is 0 Å². The fraction of sp³-hybridized carbons (Fsp3) is 0.200. The third-order valence-electron chi connectivity index (χ3n) is 3.65. The van der Waals surface area contributed by atoms with Crippen molar-refractivity contribution in [1.29, 1.82) is 0 Å². The molecule has 24 heavy (non-hydrogen) atoms. The van der Waals surface area contributed by atoms with Crippen LogP contribution in [0, 0.1) is 0 Å². The van der Waals surface area contributed by atoms with Crippen molar-refractivity contribution in [3.63, 3.8) is 0 Å². The van der Waals surface area contributed by atoms with Crippen molar-refractivity contribution < 1.29 is 14.3 Å². The number of aromatic nitrogens is 1. The van der Waals surface area contributed by atoms with Crippen molar-refractivity contribution in [2.45, 2.75) is 13.8 Å². The van der Waals surface area contributed by atoms with E-state index >= 15 is 0 Å². The number of hydrogen-bond acceptors (Lipinski definition) is 4. The third-order valence-corrected chi connectivity index (χ3v) is 3.65. The van der Waals surface area contributed by atoms with Gasteiger partial charge in [0, 0.05) is 17.0 Å². The van der Waals surface area contributed by atoms with Crippen LogP contribution in [0.1, 0.15) is 24.2 Å². The molecule has 122 valence electrons. The van der Waals surface area contributed by atoms with Crippen molar-refractivity contribution in [2.75, 3.05) is 13.2 Å². The zero-order valence-electron chi connectivity index (χ0n) is 13.8. The van der Waals surface area contributed by atoms with Gasteiger partial charge in [0.1, 0.15) is 5.75 Å². The maximum Gasteiger partial charge on any atom is 0.338 e. The van der Waals surface area contributed by atoms with Gasteiger partial charge in [-0.1, -0.05) is 30.3 Å². The third kappa shape index (κ3) is 3.23. The van der Waals surface area contributed by atoms with Crippen molar-refractivity contribution >= 4 is 16.9 Å². The van der Waals surface area contributed by atoms with Crippen molar-refractivity contribution in [3.8, 4) is 17.0 Å². The first-order chi connectivity index (χ1) is 11.7. The Morgan fingerprint density at radius 2 is 1.79 bits per heavy atom. The summed E-state index contributed by atoms with van der Waals surface area (Å²) in [5.74, 6) is 0.376. The molecule has 0 unspecified atom stereocenters. The lowest BCUT2D eigenvalue weighted by atomic mass is 10.1. The molecule has 0 bridgehead atoms. The summed E-state index contributed by atoms with van der Waals surface area (Å²) in [5.41, 5.74) is 3.15. The van der Waals surface area contributed by atoms with Crippen LogP contribution in [0.2, 0.25) is 0 Å². The molecule has 3 rings (SSSR count). The lowest BCUT2D eigenvalue weighted by Crippen LogP contribution is -2.05. The minimum atomic E-state index is -0.339. The molecule has 0 atom stereocenters. The molecule has 4 heteroatoms. The van der Waals surface area contributed by atoms with E-state index in [4.69, 9.17) is 14.5 Å². The van der Waals surface area contributed by atoms with Crippen LogP contribution in [-0.4, -0.2) is 24.2 Å². The van der Waals surface area contributed by atoms with Gasteiger partial charge in [0.2, 0.25) is 0 Å². The lowest BCUT2D eigenvalue weighted by Gasteiger charge is -2.11. The predicted molar refractivity (Wildman–Crippen MR) is 94.3 cm³/mol. The van der Waals surface area contributed by atoms with E-state index in [1.54, 1.807) is 19.1 Å². The number of carbonyl (C=O) groups is 1. The van der Waals surface area contributed by atoms with Crippen LogP contribution in [0.4, 0.5) is 0 Å². The Bertz CT molecular complexity index is 859. The summed E-state index contributed by atoms with van der Waals surface area (Å²) in [6, 6.07) is 17.2. The van der Waals surface area contributed by atoms with Crippen LogP contribution in [-0.2, 0) is 4.74 Å². The van der Waals surface area contributed by atoms with Gasteiger partial charge in [0.15, 0.2) is 0 Å². The summed E-state index contributed by atoms with van der Waals surface area (Å²) in [7, 11) is 0. The standard InChI is InChI=1S/C20H19NO3/c1-3-23-19-13-18(14-8-6-5-7-9-14)21-17-11-10-15(12-16(17)19)20(22)24-4-2/h5-13H,3-4H2,1-2H3. The molecule has 4 nitrogen and oxygen atoms in total. The van der Waals surface area contributed by atoms with Gasteiger partial charge in [-0.05, 0) is 32.0 Å². The molecule has 0 aliphatic carbocycles. The molecule has 0 aliphatic heterocycles. The molecule has 1 aromatic heterocycles. The molecule has 0 aliphatic rings. The average molecular weight is 321 g/mol. The van der Waals surface area contributed by atoms with Crippen LogP contribution in [0.3, 0.4) is 0 Å². The second kappa shape index (κ2) is 7.13. The number of esters is 1. The fourth-order valence-electron chi connectivity index (χ4n) is 2.57. The second-order valence-electron chi connectivity index (χ2n) is 5.26. The number of benzene rings is 2. The first-order valence-corrected chi connectivity index (χ1v) is 8.03.